The maximum absolute atomic E-state index is 8.84. The number of pyridine rings is 1. The topological polar surface area (TPSA) is 3.88 Å². The number of aromatic nitrogens is 1. The molecule has 0 unspecified atom stereocenters. The van der Waals surface area contributed by atoms with E-state index in [4.69, 9.17) is 13.7 Å². The molecule has 0 saturated heterocycles. The Kier molecular flexibility index (Phi) is 3.09. The van der Waals surface area contributed by atoms with Crippen LogP contribution in [0.4, 0.5) is 0 Å². The van der Waals surface area contributed by atoms with Crippen molar-refractivity contribution in [2.75, 3.05) is 0 Å². The second-order valence-corrected chi connectivity index (χ2v) is 8.18. The number of benzene rings is 2. The summed E-state index contributed by atoms with van der Waals surface area (Å²) in [5, 5.41) is 0. The third-order valence-corrected chi connectivity index (χ3v) is 4.64. The van der Waals surface area contributed by atoms with E-state index in [-0.39, 0.29) is 16.7 Å². The Morgan fingerprint density at radius 1 is 0.964 bits per heavy atom. The molecule has 3 rings (SSSR count). The van der Waals surface area contributed by atoms with Crippen LogP contribution in [0.5, 0.6) is 0 Å². The van der Waals surface area contributed by atoms with Gasteiger partial charge in [-0.3, -0.25) is 0 Å². The molecule has 3 aromatic rings. The van der Waals surface area contributed by atoms with Crippen LogP contribution < -0.4 is 4.57 Å². The fourth-order valence-electron chi connectivity index (χ4n) is 3.36. The van der Waals surface area contributed by atoms with Gasteiger partial charge < -0.3 is 0 Å². The molecule has 1 heterocycles. The van der Waals surface area contributed by atoms with Crippen LogP contribution in [0, 0.1) is 19.2 Å². The van der Waals surface area contributed by atoms with Crippen LogP contribution in [0.1, 0.15) is 63.6 Å². The van der Waals surface area contributed by atoms with Crippen LogP contribution in [0.3, 0.4) is 0 Å². The lowest BCUT2D eigenvalue weighted by atomic mass is 9.85. The third kappa shape index (κ3) is 4.35. The molecule has 0 N–H and O–H groups in total. The van der Waals surface area contributed by atoms with Gasteiger partial charge >= 0.3 is 0 Å². The highest BCUT2D eigenvalue weighted by atomic mass is 14.9. The van der Waals surface area contributed by atoms with Crippen LogP contribution in [0.2, 0.25) is 0 Å². The number of hydrogen-bond donors (Lipinski definition) is 0. The summed E-state index contributed by atoms with van der Waals surface area (Å²) < 4.78 is 84.5. The zero-order chi connectivity index (χ0) is 29.1. The van der Waals surface area contributed by atoms with E-state index in [1.54, 1.807) is 51.4 Å². The predicted octanol–water partition coefficient (Wildman–Crippen LogP) is 6.61. The van der Waals surface area contributed by atoms with Gasteiger partial charge in [-0.05, 0) is 65.8 Å². The second kappa shape index (κ2) is 7.91. The average molecular weight is 383 g/mol. The SMILES string of the molecule is [2H]C([2H])([2H])c1cc(C)c(-c2cc(C([2H])([2H])C([2H])([2H])[2H])c(C([2H])([2H])C(C)(C)C)c[n+]2C)cc1-c1ccccc1. The smallest absolute Gasteiger partial charge is 0.201 e. The minimum atomic E-state index is -3.05. The lowest BCUT2D eigenvalue weighted by molar-refractivity contribution is -0.660. The van der Waals surface area contributed by atoms with Crippen molar-refractivity contribution in [3.63, 3.8) is 0 Å². The molecule has 0 bridgehead atoms. The maximum Gasteiger partial charge on any atom is 0.212 e. The monoisotopic (exact) mass is 382 g/mol. The molecule has 0 spiro atoms. The van der Waals surface area contributed by atoms with Crippen molar-refractivity contribution in [2.45, 2.75) is 54.1 Å². The van der Waals surface area contributed by atoms with E-state index in [9.17, 15) is 0 Å². The Bertz CT molecular complexity index is 1330. The van der Waals surface area contributed by atoms with Gasteiger partial charge in [-0.2, -0.15) is 0 Å². The van der Waals surface area contributed by atoms with Crippen LogP contribution in [0.15, 0.2) is 54.7 Å². The number of aryl methyl sites for hydroxylation is 4. The normalized spacial score (nSPS) is 18.9. The quantitative estimate of drug-likeness (QED) is 0.447. The van der Waals surface area contributed by atoms with Gasteiger partial charge in [0.2, 0.25) is 5.69 Å². The van der Waals surface area contributed by atoms with Crippen LogP contribution in [-0.2, 0) is 19.8 Å². The average Bonchev–Trinajstić information content (AvgIpc) is 2.77. The Morgan fingerprint density at radius 2 is 1.71 bits per heavy atom. The van der Waals surface area contributed by atoms with E-state index >= 15 is 0 Å². The first kappa shape index (κ1) is 11.0. The van der Waals surface area contributed by atoms with Gasteiger partial charge in [0.1, 0.15) is 7.05 Å². The second-order valence-electron chi connectivity index (χ2n) is 8.18. The van der Waals surface area contributed by atoms with E-state index in [1.807, 2.05) is 30.3 Å². The van der Waals surface area contributed by atoms with Gasteiger partial charge in [0, 0.05) is 30.9 Å². The maximum atomic E-state index is 8.84. The molecule has 0 atom stereocenters. The molecular weight excluding hydrogens is 338 g/mol. The summed E-state index contributed by atoms with van der Waals surface area (Å²) in [5.74, 6) is 0. The van der Waals surface area contributed by atoms with E-state index in [0.29, 0.717) is 27.9 Å². The van der Waals surface area contributed by atoms with Gasteiger partial charge in [-0.1, -0.05) is 64.0 Å². The summed E-state index contributed by atoms with van der Waals surface area (Å²) in [6, 6.07) is 13.8. The fraction of sp³-hybridized carbons (Fsp3) is 0.370. The summed E-state index contributed by atoms with van der Waals surface area (Å²) >= 11 is 0. The molecule has 0 fully saturated rings. The van der Waals surface area contributed by atoms with Crippen LogP contribution in [0.25, 0.3) is 22.4 Å². The highest BCUT2D eigenvalue weighted by Crippen LogP contribution is 2.32. The Morgan fingerprint density at radius 3 is 2.36 bits per heavy atom. The van der Waals surface area contributed by atoms with Crippen molar-refractivity contribution >= 4 is 0 Å². The van der Waals surface area contributed by atoms with Gasteiger partial charge in [0.15, 0.2) is 6.20 Å². The first-order valence-corrected chi connectivity index (χ1v) is 9.36. The standard InChI is InChI=1S/C27H34N/c1-8-21-15-26(28(7)18-23(21)17-27(4,5)6)25-16-24(19(2)14-20(25)3)22-12-10-9-11-13-22/h9-16,18H,8,17H2,1-7H3/q+1/i1D3,2D3,8D2,17D2. The van der Waals surface area contributed by atoms with Crippen molar-refractivity contribution < 1.29 is 18.3 Å². The van der Waals surface area contributed by atoms with Gasteiger partial charge in [-0.25, -0.2) is 4.57 Å². The fourth-order valence-corrected chi connectivity index (χ4v) is 3.36. The van der Waals surface area contributed by atoms with Crippen molar-refractivity contribution in [1.82, 2.24) is 0 Å². The van der Waals surface area contributed by atoms with E-state index in [2.05, 4.69) is 0 Å². The minimum Gasteiger partial charge on any atom is -0.201 e. The zero-order valence-electron chi connectivity index (χ0n) is 27.1. The molecule has 1 aromatic heterocycles. The van der Waals surface area contributed by atoms with E-state index < -0.39 is 31.9 Å². The molecule has 0 amide bonds. The molecule has 146 valence electrons. The molecule has 0 aliphatic rings. The van der Waals surface area contributed by atoms with Crippen LogP contribution >= 0.6 is 0 Å². The molecule has 0 radical (unpaired) electrons. The van der Waals surface area contributed by atoms with Crippen molar-refractivity contribution in [3.05, 3.63) is 77.0 Å². The molecule has 0 saturated carbocycles. The van der Waals surface area contributed by atoms with Crippen molar-refractivity contribution in [3.8, 4) is 22.4 Å². The van der Waals surface area contributed by atoms with Crippen molar-refractivity contribution in [2.24, 2.45) is 12.5 Å². The van der Waals surface area contributed by atoms with Crippen molar-refractivity contribution in [1.29, 1.82) is 0 Å². The molecular formula is C27H34N+. The lowest BCUT2D eigenvalue weighted by Crippen LogP contribution is -2.33. The molecule has 1 nitrogen and oxygen atoms in total. The summed E-state index contributed by atoms with van der Waals surface area (Å²) in [6.07, 6.45) is -3.45. The zero-order valence-corrected chi connectivity index (χ0v) is 17.1. The lowest BCUT2D eigenvalue weighted by Gasteiger charge is -2.20. The summed E-state index contributed by atoms with van der Waals surface area (Å²) in [4.78, 5) is 0. The predicted molar refractivity (Wildman–Crippen MR) is 121 cm³/mol. The molecule has 2 aromatic carbocycles. The number of hydrogen-bond acceptors (Lipinski definition) is 0. The Labute approximate surface area is 185 Å². The van der Waals surface area contributed by atoms with Crippen LogP contribution in [-0.4, -0.2) is 0 Å². The first-order valence-electron chi connectivity index (χ1n) is 14.4. The minimum absolute atomic E-state index is 0.0441. The van der Waals surface area contributed by atoms with Gasteiger partial charge in [0.05, 0.1) is 0 Å². The Hall–Kier alpha value is -2.41. The highest BCUT2D eigenvalue weighted by molar-refractivity contribution is 5.75. The number of rotatable bonds is 4. The molecule has 1 heteroatoms. The number of nitrogens with zero attached hydrogens (tertiary/aromatic N) is 1. The van der Waals surface area contributed by atoms with Gasteiger partial charge in [-0.15, -0.1) is 0 Å². The van der Waals surface area contributed by atoms with E-state index in [0.717, 1.165) is 0 Å². The highest BCUT2D eigenvalue weighted by Gasteiger charge is 2.21. The Balaban J connectivity index is 2.44. The third-order valence-electron chi connectivity index (χ3n) is 4.64. The summed E-state index contributed by atoms with van der Waals surface area (Å²) in [7, 11) is 1.69. The summed E-state index contributed by atoms with van der Waals surface area (Å²) in [6.45, 7) is 1.35. The first-order chi connectivity index (χ1) is 17.1. The molecule has 0 aliphatic heterocycles. The summed E-state index contributed by atoms with van der Waals surface area (Å²) in [5.41, 5.74) is 1.73. The molecule has 0 aliphatic carbocycles. The van der Waals surface area contributed by atoms with E-state index in [1.165, 1.54) is 12.3 Å². The molecule has 28 heavy (non-hydrogen) atoms. The van der Waals surface area contributed by atoms with Gasteiger partial charge in [0.25, 0.3) is 0 Å². The largest absolute Gasteiger partial charge is 0.212 e.